The summed E-state index contributed by atoms with van der Waals surface area (Å²) in [5, 5.41) is 0. The molecule has 0 aliphatic rings. The maximum atomic E-state index is 10.5. The number of hydrogen-bond donors (Lipinski definition) is 1. The average Bonchev–Trinajstić information content (AvgIpc) is 1.82. The topological polar surface area (TPSA) is 43.4 Å². The standard InChI is InChI=1S/C6H10O3S/c1-5(7)4-6(8)9-2-3-10/h10H,2-4H2,1H3. The fraction of sp³-hybridized carbons (Fsp3) is 0.667. The number of hydrogen-bond acceptors (Lipinski definition) is 4. The predicted octanol–water partition coefficient (Wildman–Crippen LogP) is 0.439. The predicted molar refractivity (Wildman–Crippen MR) is 40.1 cm³/mol. The van der Waals surface area contributed by atoms with Crippen LogP contribution in [0, 0.1) is 0 Å². The van der Waals surface area contributed by atoms with Crippen molar-refractivity contribution in [1.82, 2.24) is 0 Å². The second-order valence-electron chi connectivity index (χ2n) is 1.82. The Morgan fingerprint density at radius 2 is 2.10 bits per heavy atom. The van der Waals surface area contributed by atoms with Crippen LogP contribution in [0.4, 0.5) is 0 Å². The molecule has 0 aromatic rings. The Morgan fingerprint density at radius 1 is 1.50 bits per heavy atom. The Bertz CT molecular complexity index is 133. The number of carbonyl (C=O) groups is 2. The minimum absolute atomic E-state index is 0.131. The molecule has 0 saturated carbocycles. The van der Waals surface area contributed by atoms with Crippen molar-refractivity contribution in [3.05, 3.63) is 0 Å². The van der Waals surface area contributed by atoms with Crippen molar-refractivity contribution in [3.63, 3.8) is 0 Å². The van der Waals surface area contributed by atoms with Gasteiger partial charge in [-0.3, -0.25) is 9.59 Å². The van der Waals surface area contributed by atoms with Crippen LogP contribution in [-0.4, -0.2) is 24.1 Å². The average molecular weight is 162 g/mol. The molecule has 0 saturated heterocycles. The molecule has 0 aliphatic carbocycles. The van der Waals surface area contributed by atoms with E-state index in [0.717, 1.165) is 0 Å². The second-order valence-corrected chi connectivity index (χ2v) is 2.27. The zero-order chi connectivity index (χ0) is 7.98. The number of Topliss-reactive ketones (excluding diaryl/α,β-unsaturated/α-hetero) is 1. The van der Waals surface area contributed by atoms with Crippen molar-refractivity contribution in [3.8, 4) is 0 Å². The third-order valence-electron chi connectivity index (χ3n) is 0.748. The normalized spacial score (nSPS) is 9.00. The molecule has 3 nitrogen and oxygen atoms in total. The van der Waals surface area contributed by atoms with Gasteiger partial charge < -0.3 is 4.74 Å². The van der Waals surface area contributed by atoms with Crippen molar-refractivity contribution < 1.29 is 14.3 Å². The van der Waals surface area contributed by atoms with Crippen molar-refractivity contribution in [2.45, 2.75) is 13.3 Å². The van der Waals surface area contributed by atoms with Gasteiger partial charge in [-0.1, -0.05) is 0 Å². The molecule has 10 heavy (non-hydrogen) atoms. The van der Waals surface area contributed by atoms with Gasteiger partial charge in [-0.2, -0.15) is 12.6 Å². The highest BCUT2D eigenvalue weighted by Gasteiger charge is 2.04. The van der Waals surface area contributed by atoms with E-state index < -0.39 is 5.97 Å². The fourth-order valence-electron chi connectivity index (χ4n) is 0.414. The molecule has 4 heteroatoms. The van der Waals surface area contributed by atoms with Gasteiger partial charge in [0.15, 0.2) is 0 Å². The van der Waals surface area contributed by atoms with Gasteiger partial charge in [-0.15, -0.1) is 0 Å². The second kappa shape index (κ2) is 5.29. The van der Waals surface area contributed by atoms with Gasteiger partial charge in [0.1, 0.15) is 18.8 Å². The molecule has 0 unspecified atom stereocenters. The highest BCUT2D eigenvalue weighted by atomic mass is 32.1. The quantitative estimate of drug-likeness (QED) is 0.370. The van der Waals surface area contributed by atoms with Gasteiger partial charge in [0.2, 0.25) is 0 Å². The number of carbonyl (C=O) groups excluding carboxylic acids is 2. The lowest BCUT2D eigenvalue weighted by atomic mass is 10.3. The molecule has 0 N–H and O–H groups in total. The summed E-state index contributed by atoms with van der Waals surface area (Å²) in [6.45, 7) is 1.62. The van der Waals surface area contributed by atoms with Gasteiger partial charge in [0.25, 0.3) is 0 Å². The largest absolute Gasteiger partial charge is 0.464 e. The maximum absolute atomic E-state index is 10.5. The van der Waals surface area contributed by atoms with E-state index in [1.807, 2.05) is 0 Å². The van der Waals surface area contributed by atoms with Gasteiger partial charge in [-0.25, -0.2) is 0 Å². The zero-order valence-corrected chi connectivity index (χ0v) is 6.69. The van der Waals surface area contributed by atoms with E-state index in [-0.39, 0.29) is 18.8 Å². The molecule has 0 aromatic heterocycles. The van der Waals surface area contributed by atoms with Crippen LogP contribution in [-0.2, 0) is 14.3 Å². The molecule has 58 valence electrons. The van der Waals surface area contributed by atoms with E-state index in [4.69, 9.17) is 0 Å². The molecule has 0 aliphatic heterocycles. The smallest absolute Gasteiger partial charge is 0.313 e. The molecule has 0 amide bonds. The van der Waals surface area contributed by atoms with E-state index in [0.29, 0.717) is 5.75 Å². The summed E-state index contributed by atoms with van der Waals surface area (Å²) in [5.41, 5.74) is 0. The van der Waals surface area contributed by atoms with Crippen LogP contribution in [0.3, 0.4) is 0 Å². The lowest BCUT2D eigenvalue weighted by Gasteiger charge is -1.98. The van der Waals surface area contributed by atoms with Crippen LogP contribution < -0.4 is 0 Å². The van der Waals surface area contributed by atoms with Crippen LogP contribution in [0.1, 0.15) is 13.3 Å². The first-order valence-electron chi connectivity index (χ1n) is 2.92. The summed E-state index contributed by atoms with van der Waals surface area (Å²) in [4.78, 5) is 20.8. The maximum Gasteiger partial charge on any atom is 0.313 e. The SMILES string of the molecule is CC(=O)CC(=O)OCCS. The number of ketones is 1. The minimum Gasteiger partial charge on any atom is -0.464 e. The molecular weight excluding hydrogens is 152 g/mol. The molecule has 0 atom stereocenters. The fourth-order valence-corrected chi connectivity index (χ4v) is 0.505. The molecule has 0 spiro atoms. The lowest BCUT2D eigenvalue weighted by Crippen LogP contribution is -2.10. The number of rotatable bonds is 4. The molecule has 0 heterocycles. The lowest BCUT2D eigenvalue weighted by molar-refractivity contribution is -0.145. The van der Waals surface area contributed by atoms with Gasteiger partial charge >= 0.3 is 5.97 Å². The Hall–Kier alpha value is -0.510. The monoisotopic (exact) mass is 162 g/mol. The van der Waals surface area contributed by atoms with Gasteiger partial charge in [0, 0.05) is 5.75 Å². The third kappa shape index (κ3) is 5.62. The molecule has 0 bridgehead atoms. The van der Waals surface area contributed by atoms with E-state index in [9.17, 15) is 9.59 Å². The summed E-state index contributed by atoms with van der Waals surface area (Å²) in [7, 11) is 0. The van der Waals surface area contributed by atoms with Crippen molar-refractivity contribution in [2.75, 3.05) is 12.4 Å². The summed E-state index contributed by atoms with van der Waals surface area (Å²) in [5.74, 6) is -0.158. The van der Waals surface area contributed by atoms with Crippen LogP contribution in [0.5, 0.6) is 0 Å². The molecule has 0 fully saturated rings. The van der Waals surface area contributed by atoms with Crippen LogP contribution in [0.2, 0.25) is 0 Å². The minimum atomic E-state index is -0.471. The Morgan fingerprint density at radius 3 is 2.50 bits per heavy atom. The van der Waals surface area contributed by atoms with Crippen molar-refractivity contribution >= 4 is 24.4 Å². The van der Waals surface area contributed by atoms with E-state index in [1.54, 1.807) is 0 Å². The summed E-state index contributed by atoms with van der Waals surface area (Å²) in [6, 6.07) is 0. The van der Waals surface area contributed by atoms with Crippen LogP contribution >= 0.6 is 12.6 Å². The number of esters is 1. The van der Waals surface area contributed by atoms with Crippen LogP contribution in [0.25, 0.3) is 0 Å². The summed E-state index contributed by atoms with van der Waals surface area (Å²) < 4.78 is 4.57. The number of ether oxygens (including phenoxy) is 1. The van der Waals surface area contributed by atoms with Gasteiger partial charge in [0.05, 0.1) is 0 Å². The molecule has 0 radical (unpaired) electrons. The first kappa shape index (κ1) is 9.49. The molecule has 0 aromatic carbocycles. The first-order valence-corrected chi connectivity index (χ1v) is 3.56. The number of thiol groups is 1. The van der Waals surface area contributed by atoms with E-state index in [1.165, 1.54) is 6.92 Å². The summed E-state index contributed by atoms with van der Waals surface area (Å²) >= 11 is 3.82. The highest BCUT2D eigenvalue weighted by molar-refractivity contribution is 7.80. The van der Waals surface area contributed by atoms with Crippen molar-refractivity contribution in [1.29, 1.82) is 0 Å². The van der Waals surface area contributed by atoms with E-state index in [2.05, 4.69) is 17.4 Å². The van der Waals surface area contributed by atoms with Crippen molar-refractivity contribution in [2.24, 2.45) is 0 Å². The van der Waals surface area contributed by atoms with E-state index >= 15 is 0 Å². The zero-order valence-electron chi connectivity index (χ0n) is 5.79. The molecular formula is C6H10O3S. The first-order chi connectivity index (χ1) is 4.66. The Balaban J connectivity index is 3.35. The highest BCUT2D eigenvalue weighted by Crippen LogP contribution is 1.87. The van der Waals surface area contributed by atoms with Gasteiger partial charge in [-0.05, 0) is 6.92 Å². The summed E-state index contributed by atoms with van der Waals surface area (Å²) in [6.07, 6.45) is -0.131. The Labute approximate surface area is 65.2 Å². The molecule has 0 rings (SSSR count). The van der Waals surface area contributed by atoms with Crippen LogP contribution in [0.15, 0.2) is 0 Å². The third-order valence-corrected chi connectivity index (χ3v) is 0.930. The Kier molecular flexibility index (Phi) is 5.02.